The predicted molar refractivity (Wildman–Crippen MR) is 65.4 cm³/mol. The normalized spacial score (nSPS) is 19.8. The van der Waals surface area contributed by atoms with Gasteiger partial charge in [0.15, 0.2) is 0 Å². The maximum Gasteiger partial charge on any atom is 0.326 e. The summed E-state index contributed by atoms with van der Waals surface area (Å²) in [6.07, 6.45) is 1.90. The topological polar surface area (TPSA) is 112 Å². The van der Waals surface area contributed by atoms with Crippen LogP contribution < -0.4 is 17.0 Å². The van der Waals surface area contributed by atoms with Crippen LogP contribution in [-0.4, -0.2) is 40.4 Å². The van der Waals surface area contributed by atoms with Gasteiger partial charge in [-0.3, -0.25) is 14.6 Å². The van der Waals surface area contributed by atoms with Crippen LogP contribution in [0.15, 0.2) is 15.7 Å². The summed E-state index contributed by atoms with van der Waals surface area (Å²) < 4.78 is 0. The quantitative estimate of drug-likeness (QED) is 0.618. The van der Waals surface area contributed by atoms with Gasteiger partial charge in [-0.2, -0.15) is 0 Å². The van der Waals surface area contributed by atoms with Gasteiger partial charge in [-0.05, 0) is 25.3 Å². The minimum absolute atomic E-state index is 0.0291. The molecule has 0 spiro atoms. The van der Waals surface area contributed by atoms with Crippen LogP contribution in [0.4, 0.5) is 0 Å². The summed E-state index contributed by atoms with van der Waals surface area (Å²) in [7, 11) is 0. The minimum Gasteiger partial charge on any atom is -0.337 e. The third kappa shape index (κ3) is 2.67. The van der Waals surface area contributed by atoms with Gasteiger partial charge in [0.1, 0.15) is 5.69 Å². The molecule has 7 nitrogen and oxygen atoms in total. The van der Waals surface area contributed by atoms with Gasteiger partial charge in [0.2, 0.25) is 0 Å². The summed E-state index contributed by atoms with van der Waals surface area (Å²) in [4.78, 5) is 40.4. The Morgan fingerprint density at radius 2 is 2.22 bits per heavy atom. The number of rotatable bonds is 2. The second-order valence-electron chi connectivity index (χ2n) is 4.50. The molecule has 4 N–H and O–H groups in total. The lowest BCUT2D eigenvalue weighted by molar-refractivity contribution is 0.0671. The van der Waals surface area contributed by atoms with Crippen LogP contribution >= 0.6 is 0 Å². The maximum absolute atomic E-state index is 12.1. The number of nitrogens with two attached hydrogens (primary N) is 1. The molecule has 1 aliphatic heterocycles. The van der Waals surface area contributed by atoms with Gasteiger partial charge in [0, 0.05) is 19.2 Å². The van der Waals surface area contributed by atoms with Gasteiger partial charge in [0.25, 0.3) is 11.5 Å². The van der Waals surface area contributed by atoms with Crippen molar-refractivity contribution >= 4 is 5.91 Å². The molecule has 7 heteroatoms. The molecule has 2 heterocycles. The molecule has 98 valence electrons. The number of piperidine rings is 1. The minimum atomic E-state index is -0.668. The molecular weight excluding hydrogens is 236 g/mol. The molecule has 1 aromatic rings. The average Bonchev–Trinajstić information content (AvgIpc) is 2.37. The third-order valence-electron chi connectivity index (χ3n) is 3.13. The van der Waals surface area contributed by atoms with Gasteiger partial charge >= 0.3 is 5.69 Å². The Kier molecular flexibility index (Phi) is 3.61. The van der Waals surface area contributed by atoms with Crippen molar-refractivity contribution in [3.05, 3.63) is 32.6 Å². The van der Waals surface area contributed by atoms with Gasteiger partial charge < -0.3 is 15.6 Å². The maximum atomic E-state index is 12.1. The Hall–Kier alpha value is -1.89. The number of aromatic amines is 2. The molecule has 1 unspecified atom stereocenters. The second-order valence-corrected chi connectivity index (χ2v) is 4.50. The van der Waals surface area contributed by atoms with E-state index in [1.54, 1.807) is 4.90 Å². The fourth-order valence-corrected chi connectivity index (χ4v) is 2.20. The van der Waals surface area contributed by atoms with Gasteiger partial charge in [-0.25, -0.2) is 4.79 Å². The monoisotopic (exact) mass is 252 g/mol. The molecule has 2 rings (SSSR count). The molecule has 1 fully saturated rings. The number of carbonyl (C=O) groups excluding carboxylic acids is 1. The molecule has 1 aromatic heterocycles. The Morgan fingerprint density at radius 3 is 2.89 bits per heavy atom. The first-order chi connectivity index (χ1) is 8.60. The molecule has 0 radical (unpaired) electrons. The molecule has 0 aliphatic carbocycles. The number of H-pyrrole nitrogens is 2. The number of carbonyl (C=O) groups is 1. The molecule has 0 saturated carbocycles. The standard InChI is InChI=1S/C11H16N4O3/c12-5-7-2-1-3-15(6-7)10(17)8-4-9(16)14-11(18)13-8/h4,7H,1-3,5-6,12H2,(H2,13,14,16,18). The van der Waals surface area contributed by atoms with E-state index in [0.29, 0.717) is 19.6 Å². The number of amides is 1. The van der Waals surface area contributed by atoms with Crippen LogP contribution in [-0.2, 0) is 0 Å². The highest BCUT2D eigenvalue weighted by atomic mass is 16.2. The van der Waals surface area contributed by atoms with E-state index in [1.165, 1.54) is 0 Å². The summed E-state index contributed by atoms with van der Waals surface area (Å²) in [6, 6.07) is 1.11. The zero-order valence-electron chi connectivity index (χ0n) is 9.94. The second kappa shape index (κ2) is 5.18. The van der Waals surface area contributed by atoms with Crippen LogP contribution in [0.3, 0.4) is 0 Å². The van der Waals surface area contributed by atoms with E-state index >= 15 is 0 Å². The van der Waals surface area contributed by atoms with Crippen LogP contribution in [0.1, 0.15) is 23.3 Å². The first-order valence-electron chi connectivity index (χ1n) is 5.93. The molecule has 1 amide bonds. The van der Waals surface area contributed by atoms with Gasteiger partial charge in [-0.1, -0.05) is 0 Å². The lowest BCUT2D eigenvalue weighted by atomic mass is 9.98. The average molecular weight is 252 g/mol. The van der Waals surface area contributed by atoms with Crippen LogP contribution in [0.25, 0.3) is 0 Å². The Bertz CT molecular complexity index is 519. The van der Waals surface area contributed by atoms with Crippen molar-refractivity contribution in [2.24, 2.45) is 11.7 Å². The van der Waals surface area contributed by atoms with Gasteiger partial charge in [0.05, 0.1) is 0 Å². The van der Waals surface area contributed by atoms with Gasteiger partial charge in [-0.15, -0.1) is 0 Å². The van der Waals surface area contributed by atoms with Crippen molar-refractivity contribution in [1.29, 1.82) is 0 Å². The summed E-state index contributed by atoms with van der Waals surface area (Å²) in [5.74, 6) is -0.0345. The summed E-state index contributed by atoms with van der Waals surface area (Å²) in [6.45, 7) is 1.74. The Balaban J connectivity index is 2.20. The first kappa shape index (κ1) is 12.6. The number of hydrogen-bond donors (Lipinski definition) is 3. The number of nitrogens with one attached hydrogen (secondary N) is 2. The zero-order valence-corrected chi connectivity index (χ0v) is 9.94. The van der Waals surface area contributed by atoms with E-state index in [0.717, 1.165) is 18.9 Å². The highest BCUT2D eigenvalue weighted by Crippen LogP contribution is 2.16. The molecular formula is C11H16N4O3. The predicted octanol–water partition coefficient (Wildman–Crippen LogP) is -1.13. The number of aromatic nitrogens is 2. The number of likely N-dealkylation sites (tertiary alicyclic amines) is 1. The van der Waals surface area contributed by atoms with Crippen LogP contribution in [0.2, 0.25) is 0 Å². The highest BCUT2D eigenvalue weighted by Gasteiger charge is 2.24. The van der Waals surface area contributed by atoms with Crippen molar-refractivity contribution in [2.45, 2.75) is 12.8 Å². The van der Waals surface area contributed by atoms with E-state index in [2.05, 4.69) is 4.98 Å². The van der Waals surface area contributed by atoms with E-state index < -0.39 is 11.2 Å². The molecule has 0 bridgehead atoms. The molecule has 0 aromatic carbocycles. The smallest absolute Gasteiger partial charge is 0.326 e. The fraction of sp³-hybridized carbons (Fsp3) is 0.545. The SMILES string of the molecule is NCC1CCCN(C(=O)c2cc(=O)[nH]c(=O)[nH]2)C1. The third-order valence-corrected chi connectivity index (χ3v) is 3.13. The first-order valence-corrected chi connectivity index (χ1v) is 5.93. The fourth-order valence-electron chi connectivity index (χ4n) is 2.20. The Morgan fingerprint density at radius 1 is 1.44 bits per heavy atom. The molecule has 1 aliphatic rings. The van der Waals surface area contributed by atoms with Crippen molar-refractivity contribution < 1.29 is 4.79 Å². The molecule has 1 saturated heterocycles. The highest BCUT2D eigenvalue weighted by molar-refractivity contribution is 5.92. The Labute approximate surface area is 103 Å². The largest absolute Gasteiger partial charge is 0.337 e. The van der Waals surface area contributed by atoms with Crippen molar-refractivity contribution in [3.63, 3.8) is 0 Å². The number of hydrogen-bond acceptors (Lipinski definition) is 4. The van der Waals surface area contributed by atoms with E-state index in [-0.39, 0.29) is 17.5 Å². The van der Waals surface area contributed by atoms with Crippen molar-refractivity contribution in [2.75, 3.05) is 19.6 Å². The zero-order chi connectivity index (χ0) is 13.1. The molecule has 1 atom stereocenters. The van der Waals surface area contributed by atoms with Crippen molar-refractivity contribution in [3.8, 4) is 0 Å². The summed E-state index contributed by atoms with van der Waals surface area (Å²) >= 11 is 0. The van der Waals surface area contributed by atoms with E-state index in [4.69, 9.17) is 5.73 Å². The summed E-state index contributed by atoms with van der Waals surface area (Å²) in [5.41, 5.74) is 4.39. The van der Waals surface area contributed by atoms with Crippen LogP contribution in [0.5, 0.6) is 0 Å². The molecule has 18 heavy (non-hydrogen) atoms. The lowest BCUT2D eigenvalue weighted by Gasteiger charge is -2.31. The lowest BCUT2D eigenvalue weighted by Crippen LogP contribution is -2.43. The van der Waals surface area contributed by atoms with Crippen LogP contribution in [0, 0.1) is 5.92 Å². The summed E-state index contributed by atoms with van der Waals surface area (Å²) in [5, 5.41) is 0. The van der Waals surface area contributed by atoms with Crippen molar-refractivity contribution in [1.82, 2.24) is 14.9 Å². The van der Waals surface area contributed by atoms with E-state index in [9.17, 15) is 14.4 Å². The van der Waals surface area contributed by atoms with E-state index in [1.807, 2.05) is 4.98 Å². The number of nitrogens with zero attached hydrogens (tertiary/aromatic N) is 1.